The molecule has 1 aliphatic rings. The van der Waals surface area contributed by atoms with Crippen LogP contribution in [0.2, 0.25) is 0 Å². The lowest BCUT2D eigenvalue weighted by Gasteiger charge is -2.18. The van der Waals surface area contributed by atoms with Crippen LogP contribution in [0.1, 0.15) is 34.3 Å². The zero-order valence-corrected chi connectivity index (χ0v) is 16.6. The lowest BCUT2D eigenvalue weighted by Crippen LogP contribution is -2.27. The first-order chi connectivity index (χ1) is 14.3. The summed E-state index contributed by atoms with van der Waals surface area (Å²) in [6.45, 7) is 3.32. The summed E-state index contributed by atoms with van der Waals surface area (Å²) in [5, 5.41) is 13.7. The number of aryl methyl sites for hydroxylation is 1. The largest absolute Gasteiger partial charge is 0.452 e. The Balaban J connectivity index is 1.71. The number of ether oxygens (including phenoxy) is 1. The molecule has 0 spiro atoms. The van der Waals surface area contributed by atoms with Gasteiger partial charge in [0.05, 0.1) is 16.2 Å². The average Bonchev–Trinajstić information content (AvgIpc) is 3.15. The van der Waals surface area contributed by atoms with Gasteiger partial charge in [-0.15, -0.1) is 0 Å². The van der Waals surface area contributed by atoms with E-state index in [1.165, 1.54) is 17.0 Å². The fraction of sp³-hybridized carbons (Fsp3) is 0.286. The molecule has 1 N–H and O–H groups in total. The molecule has 1 aliphatic heterocycles. The first-order valence-electron chi connectivity index (χ1n) is 9.40. The van der Waals surface area contributed by atoms with Crippen LogP contribution in [0.4, 0.5) is 17.1 Å². The second-order valence-corrected chi connectivity index (χ2v) is 6.95. The number of nitrogens with one attached hydrogen (secondary N) is 1. The van der Waals surface area contributed by atoms with Gasteiger partial charge in [-0.05, 0) is 43.5 Å². The Morgan fingerprint density at radius 1 is 1.20 bits per heavy atom. The number of nitro benzene ring substituents is 1. The van der Waals surface area contributed by atoms with Crippen LogP contribution in [0.5, 0.6) is 0 Å². The highest BCUT2D eigenvalue weighted by atomic mass is 16.6. The highest BCUT2D eigenvalue weighted by Crippen LogP contribution is 2.30. The van der Waals surface area contributed by atoms with Gasteiger partial charge >= 0.3 is 5.97 Å². The SMILES string of the molecule is Cc1ccc([N+](=O)[O-])c(NC(=O)COC(=O)c2ccccc2N2CCCC2=O)c1C. The summed E-state index contributed by atoms with van der Waals surface area (Å²) >= 11 is 0. The van der Waals surface area contributed by atoms with Gasteiger partial charge in [-0.1, -0.05) is 18.2 Å². The van der Waals surface area contributed by atoms with Gasteiger partial charge in [-0.25, -0.2) is 4.79 Å². The Morgan fingerprint density at radius 3 is 2.60 bits per heavy atom. The van der Waals surface area contributed by atoms with Crippen LogP contribution in [-0.2, 0) is 14.3 Å². The van der Waals surface area contributed by atoms with Crippen molar-refractivity contribution in [2.24, 2.45) is 0 Å². The molecule has 0 aliphatic carbocycles. The molecule has 2 aromatic carbocycles. The van der Waals surface area contributed by atoms with Crippen LogP contribution < -0.4 is 10.2 Å². The van der Waals surface area contributed by atoms with Crippen LogP contribution in [-0.4, -0.2) is 35.9 Å². The first kappa shape index (κ1) is 21.0. The van der Waals surface area contributed by atoms with Crippen molar-refractivity contribution in [3.63, 3.8) is 0 Å². The summed E-state index contributed by atoms with van der Waals surface area (Å²) < 4.78 is 5.11. The average molecular weight is 411 g/mol. The number of nitrogens with zero attached hydrogens (tertiary/aromatic N) is 2. The van der Waals surface area contributed by atoms with Gasteiger partial charge in [0.2, 0.25) is 5.91 Å². The van der Waals surface area contributed by atoms with Gasteiger partial charge < -0.3 is 15.0 Å². The summed E-state index contributed by atoms with van der Waals surface area (Å²) in [6.07, 6.45) is 1.12. The van der Waals surface area contributed by atoms with E-state index in [0.717, 1.165) is 5.56 Å². The molecule has 9 heteroatoms. The van der Waals surface area contributed by atoms with E-state index >= 15 is 0 Å². The van der Waals surface area contributed by atoms with Crippen molar-refractivity contribution >= 4 is 34.8 Å². The number of para-hydroxylation sites is 1. The van der Waals surface area contributed by atoms with Crippen molar-refractivity contribution in [1.82, 2.24) is 0 Å². The lowest BCUT2D eigenvalue weighted by atomic mass is 10.1. The third-order valence-corrected chi connectivity index (χ3v) is 5.00. The molecule has 3 rings (SSSR count). The maximum absolute atomic E-state index is 12.5. The van der Waals surface area contributed by atoms with E-state index in [4.69, 9.17) is 4.74 Å². The fourth-order valence-electron chi connectivity index (χ4n) is 3.28. The number of esters is 1. The zero-order chi connectivity index (χ0) is 21.8. The van der Waals surface area contributed by atoms with Crippen molar-refractivity contribution in [3.8, 4) is 0 Å². The summed E-state index contributed by atoms with van der Waals surface area (Å²) in [7, 11) is 0. The molecule has 156 valence electrons. The highest BCUT2D eigenvalue weighted by Gasteiger charge is 2.26. The van der Waals surface area contributed by atoms with Gasteiger partial charge in [0.25, 0.3) is 11.6 Å². The van der Waals surface area contributed by atoms with E-state index in [9.17, 15) is 24.5 Å². The minimum absolute atomic E-state index is 0.0733. The number of hydrogen-bond donors (Lipinski definition) is 1. The maximum atomic E-state index is 12.5. The van der Waals surface area contributed by atoms with E-state index in [-0.39, 0.29) is 22.8 Å². The molecule has 30 heavy (non-hydrogen) atoms. The molecule has 2 amide bonds. The molecule has 0 saturated carbocycles. The number of anilines is 2. The summed E-state index contributed by atoms with van der Waals surface area (Å²) in [4.78, 5) is 49.0. The molecule has 0 unspecified atom stereocenters. The van der Waals surface area contributed by atoms with Crippen molar-refractivity contribution in [1.29, 1.82) is 0 Å². The lowest BCUT2D eigenvalue weighted by molar-refractivity contribution is -0.384. The number of carbonyl (C=O) groups is 3. The van der Waals surface area contributed by atoms with Crippen LogP contribution in [0.3, 0.4) is 0 Å². The third-order valence-electron chi connectivity index (χ3n) is 5.00. The Morgan fingerprint density at radius 2 is 1.93 bits per heavy atom. The molecule has 0 radical (unpaired) electrons. The van der Waals surface area contributed by atoms with Crippen LogP contribution >= 0.6 is 0 Å². The summed E-state index contributed by atoms with van der Waals surface area (Å²) in [6, 6.07) is 9.44. The fourth-order valence-corrected chi connectivity index (χ4v) is 3.28. The second kappa shape index (κ2) is 8.73. The van der Waals surface area contributed by atoms with Gasteiger partial charge in [0.1, 0.15) is 5.69 Å². The Bertz CT molecular complexity index is 1030. The van der Waals surface area contributed by atoms with E-state index in [1.807, 2.05) is 0 Å². The molecular weight excluding hydrogens is 390 g/mol. The Kier molecular flexibility index (Phi) is 6.10. The molecule has 1 saturated heterocycles. The smallest absolute Gasteiger partial charge is 0.340 e. The highest BCUT2D eigenvalue weighted by molar-refractivity contribution is 6.04. The quantitative estimate of drug-likeness (QED) is 0.443. The molecule has 0 bridgehead atoms. The summed E-state index contributed by atoms with van der Waals surface area (Å²) in [5.41, 5.74) is 1.78. The van der Waals surface area contributed by atoms with Crippen molar-refractivity contribution < 1.29 is 24.0 Å². The van der Waals surface area contributed by atoms with Gasteiger partial charge in [-0.3, -0.25) is 19.7 Å². The van der Waals surface area contributed by atoms with Crippen LogP contribution in [0.25, 0.3) is 0 Å². The van der Waals surface area contributed by atoms with Crippen LogP contribution in [0.15, 0.2) is 36.4 Å². The zero-order valence-electron chi connectivity index (χ0n) is 16.6. The number of benzene rings is 2. The number of rotatable bonds is 6. The minimum atomic E-state index is -0.754. The number of carbonyl (C=O) groups excluding carboxylic acids is 3. The predicted molar refractivity (Wildman–Crippen MR) is 110 cm³/mol. The molecule has 0 aromatic heterocycles. The van der Waals surface area contributed by atoms with E-state index in [0.29, 0.717) is 30.6 Å². The van der Waals surface area contributed by atoms with E-state index in [1.54, 1.807) is 38.1 Å². The van der Waals surface area contributed by atoms with Gasteiger partial charge in [0.15, 0.2) is 6.61 Å². The number of hydrogen-bond acceptors (Lipinski definition) is 6. The third kappa shape index (κ3) is 4.29. The number of nitro groups is 1. The first-order valence-corrected chi connectivity index (χ1v) is 9.40. The molecule has 1 heterocycles. The monoisotopic (exact) mass is 411 g/mol. The molecule has 0 atom stereocenters. The van der Waals surface area contributed by atoms with Gasteiger partial charge in [-0.2, -0.15) is 0 Å². The molecular formula is C21H21N3O6. The van der Waals surface area contributed by atoms with Crippen molar-refractivity contribution in [2.45, 2.75) is 26.7 Å². The normalized spacial score (nSPS) is 13.3. The number of amides is 2. The van der Waals surface area contributed by atoms with Crippen molar-refractivity contribution in [2.75, 3.05) is 23.4 Å². The van der Waals surface area contributed by atoms with Crippen LogP contribution in [0, 0.1) is 24.0 Å². The van der Waals surface area contributed by atoms with E-state index in [2.05, 4.69) is 5.32 Å². The predicted octanol–water partition coefficient (Wildman–Crippen LogP) is 3.13. The second-order valence-electron chi connectivity index (χ2n) is 6.95. The molecule has 2 aromatic rings. The maximum Gasteiger partial charge on any atom is 0.340 e. The summed E-state index contributed by atoms with van der Waals surface area (Å²) in [5.74, 6) is -1.53. The minimum Gasteiger partial charge on any atom is -0.452 e. The van der Waals surface area contributed by atoms with E-state index < -0.39 is 23.4 Å². The molecule has 9 nitrogen and oxygen atoms in total. The Labute approximate surface area is 172 Å². The topological polar surface area (TPSA) is 119 Å². The van der Waals surface area contributed by atoms with Crippen molar-refractivity contribution in [3.05, 3.63) is 63.2 Å². The molecule has 1 fully saturated rings. The standard InChI is InChI=1S/C21H21N3O6/c1-13-9-10-17(24(28)29)20(14(13)2)22-18(25)12-30-21(27)15-6-3-4-7-16(15)23-11-5-8-19(23)26/h3-4,6-7,9-10H,5,8,11-12H2,1-2H3,(H,22,25). The Hall–Kier alpha value is -3.75. The van der Waals surface area contributed by atoms with Gasteiger partial charge in [0, 0.05) is 19.0 Å².